The predicted molar refractivity (Wildman–Crippen MR) is 204 cm³/mol. The van der Waals surface area contributed by atoms with Gasteiger partial charge in [0.2, 0.25) is 18.2 Å². The van der Waals surface area contributed by atoms with Gasteiger partial charge in [0.15, 0.2) is 0 Å². The van der Waals surface area contributed by atoms with Gasteiger partial charge in [0.05, 0.1) is 38.1 Å². The summed E-state index contributed by atoms with van der Waals surface area (Å²) < 4.78 is 69.8. The van der Waals surface area contributed by atoms with Crippen molar-refractivity contribution in [3.63, 3.8) is 0 Å². The van der Waals surface area contributed by atoms with Gasteiger partial charge in [-0.3, -0.25) is 14.2 Å². The third-order valence-corrected chi connectivity index (χ3v) is 11.0. The topological polar surface area (TPSA) is 155 Å². The second kappa shape index (κ2) is 18.1. The van der Waals surface area contributed by atoms with Gasteiger partial charge in [-0.25, -0.2) is 18.6 Å². The van der Waals surface area contributed by atoms with Crippen LogP contribution in [-0.2, 0) is 27.9 Å². The first-order valence-electron chi connectivity index (χ1n) is 18.3. The molecule has 4 rings (SSSR count). The molecule has 0 aliphatic carbocycles. The summed E-state index contributed by atoms with van der Waals surface area (Å²) in [7, 11) is -2.74. The summed E-state index contributed by atoms with van der Waals surface area (Å²) in [6.45, 7) is 13.0. The van der Waals surface area contributed by atoms with Crippen molar-refractivity contribution < 1.29 is 51.0 Å². The SMILES string of the molecule is CCOP(=O)(OCC)C(CC(F)F)NC(=O)[C@@H]1C[C@@H](Oc2cc(-c3ccccc3)nc3cc(OC)ccc23)CN1C(=O)C(NC(=O)OC(C)(C)C)C(C)(C)C. The zero-order chi connectivity index (χ0) is 40.7. The number of amides is 3. The molecule has 2 heterocycles. The fraction of sp³-hybridized carbons (Fsp3) is 0.538. The molecule has 4 atom stereocenters. The molecule has 302 valence electrons. The zero-order valence-corrected chi connectivity index (χ0v) is 33.8. The van der Waals surface area contributed by atoms with E-state index < -0.39 is 73.3 Å². The summed E-state index contributed by atoms with van der Waals surface area (Å²) in [5.74, 6) is -2.24. The number of methoxy groups -OCH3 is 1. The molecule has 3 aromatic rings. The lowest BCUT2D eigenvalue weighted by molar-refractivity contribution is -0.142. The number of pyridine rings is 1. The van der Waals surface area contributed by atoms with Crippen molar-refractivity contribution in [2.24, 2.45) is 5.41 Å². The number of alkyl carbamates (subject to hydrolysis) is 1. The molecule has 55 heavy (non-hydrogen) atoms. The number of carbonyl (C=O) groups excluding carboxylic acids is 3. The van der Waals surface area contributed by atoms with E-state index >= 15 is 0 Å². The van der Waals surface area contributed by atoms with Crippen LogP contribution in [0.5, 0.6) is 11.5 Å². The average molecular weight is 791 g/mol. The van der Waals surface area contributed by atoms with Crippen molar-refractivity contribution in [2.45, 2.75) is 104 Å². The number of alkyl halides is 2. The molecule has 0 radical (unpaired) electrons. The molecule has 1 aromatic heterocycles. The Labute approximate surface area is 321 Å². The molecule has 1 saturated heterocycles. The van der Waals surface area contributed by atoms with E-state index in [1.165, 1.54) is 18.7 Å². The van der Waals surface area contributed by atoms with Crippen LogP contribution in [0.2, 0.25) is 0 Å². The van der Waals surface area contributed by atoms with Crippen molar-refractivity contribution in [3.05, 3.63) is 54.6 Å². The molecular weight excluding hydrogens is 737 g/mol. The average Bonchev–Trinajstić information content (AvgIpc) is 3.53. The van der Waals surface area contributed by atoms with Crippen LogP contribution in [0.15, 0.2) is 54.6 Å². The number of hydrogen-bond acceptors (Lipinski definition) is 10. The molecule has 0 spiro atoms. The number of benzene rings is 2. The lowest BCUT2D eigenvalue weighted by Gasteiger charge is -2.36. The van der Waals surface area contributed by atoms with Gasteiger partial charge in [-0.2, -0.15) is 0 Å². The summed E-state index contributed by atoms with van der Waals surface area (Å²) in [4.78, 5) is 47.9. The zero-order valence-electron chi connectivity index (χ0n) is 32.9. The Balaban J connectivity index is 1.77. The standard InChI is InChI=1S/C39H53F2N4O9P/c1-10-51-55(49,52-11-2)33(22-32(40)41)43-35(46)30-20-26(23-45(30)36(47)34(38(3,4)5)44-37(48)54-39(6,7)8)53-31-21-28(24-15-13-12-14-16-24)42-29-19-25(50-9)17-18-27(29)31/h12-19,21,26,30,32-34H,10-11,20,22-23H2,1-9H3,(H,43,46)(H,44,48)/t26-,30+,33?,34?/m1/s1. The van der Waals surface area contributed by atoms with Crippen LogP contribution in [0.1, 0.15) is 68.2 Å². The molecule has 13 nitrogen and oxygen atoms in total. The summed E-state index contributed by atoms with van der Waals surface area (Å²) in [6, 6.07) is 14.0. The Morgan fingerprint density at radius 2 is 1.62 bits per heavy atom. The van der Waals surface area contributed by atoms with Gasteiger partial charge in [-0.1, -0.05) is 51.1 Å². The molecule has 1 fully saturated rings. The minimum atomic E-state index is -4.28. The number of nitrogens with zero attached hydrogens (tertiary/aromatic N) is 2. The second-order valence-corrected chi connectivity index (χ2v) is 17.4. The number of hydrogen-bond donors (Lipinski definition) is 2. The fourth-order valence-corrected chi connectivity index (χ4v) is 8.08. The summed E-state index contributed by atoms with van der Waals surface area (Å²) in [5.41, 5.74) is 0.245. The summed E-state index contributed by atoms with van der Waals surface area (Å²) >= 11 is 0. The van der Waals surface area contributed by atoms with E-state index in [-0.39, 0.29) is 26.2 Å². The van der Waals surface area contributed by atoms with Gasteiger partial charge in [-0.05, 0) is 52.2 Å². The Bertz CT molecular complexity index is 1840. The summed E-state index contributed by atoms with van der Waals surface area (Å²) in [6.07, 6.45) is -5.73. The predicted octanol–water partition coefficient (Wildman–Crippen LogP) is 7.56. The van der Waals surface area contributed by atoms with E-state index in [0.717, 1.165) is 5.56 Å². The molecule has 2 N–H and O–H groups in total. The third kappa shape index (κ3) is 11.4. The van der Waals surface area contributed by atoms with Crippen molar-refractivity contribution in [1.29, 1.82) is 0 Å². The van der Waals surface area contributed by atoms with Gasteiger partial charge < -0.3 is 38.8 Å². The van der Waals surface area contributed by atoms with Gasteiger partial charge in [0.1, 0.15) is 41.1 Å². The molecule has 1 aliphatic heterocycles. The van der Waals surface area contributed by atoms with Gasteiger partial charge >= 0.3 is 13.7 Å². The van der Waals surface area contributed by atoms with E-state index in [9.17, 15) is 27.7 Å². The van der Waals surface area contributed by atoms with Crippen LogP contribution < -0.4 is 20.1 Å². The maximum Gasteiger partial charge on any atom is 0.408 e. The highest BCUT2D eigenvalue weighted by atomic mass is 31.2. The number of ether oxygens (including phenoxy) is 3. The monoisotopic (exact) mass is 790 g/mol. The van der Waals surface area contributed by atoms with E-state index in [1.807, 2.05) is 30.3 Å². The molecule has 2 aromatic carbocycles. The first-order valence-corrected chi connectivity index (χ1v) is 19.9. The minimum Gasteiger partial charge on any atom is -0.497 e. The first kappa shape index (κ1) is 43.4. The van der Waals surface area contributed by atoms with E-state index in [0.29, 0.717) is 28.1 Å². The van der Waals surface area contributed by atoms with Crippen LogP contribution >= 0.6 is 7.60 Å². The molecule has 16 heteroatoms. The maximum absolute atomic E-state index is 14.6. The largest absolute Gasteiger partial charge is 0.497 e. The Morgan fingerprint density at radius 1 is 0.964 bits per heavy atom. The fourth-order valence-electron chi connectivity index (χ4n) is 6.23. The molecule has 0 bridgehead atoms. The molecule has 1 aliphatic rings. The first-order chi connectivity index (χ1) is 25.8. The number of fused-ring (bicyclic) bond motifs is 1. The van der Waals surface area contributed by atoms with Gasteiger partial charge in [0, 0.05) is 35.9 Å². The molecule has 3 amide bonds. The smallest absolute Gasteiger partial charge is 0.408 e. The molecular formula is C39H53F2N4O9P. The Hall–Kier alpha value is -4.33. The number of rotatable bonds is 15. The highest BCUT2D eigenvalue weighted by molar-refractivity contribution is 7.54. The van der Waals surface area contributed by atoms with Gasteiger partial charge in [-0.15, -0.1) is 0 Å². The van der Waals surface area contributed by atoms with Crippen molar-refractivity contribution in [3.8, 4) is 22.8 Å². The minimum absolute atomic E-state index is 0.0868. The number of likely N-dealkylation sites (tertiary alicyclic amines) is 1. The Morgan fingerprint density at radius 3 is 2.18 bits per heavy atom. The van der Waals surface area contributed by atoms with E-state index in [4.69, 9.17) is 28.2 Å². The second-order valence-electron chi connectivity index (χ2n) is 15.2. The van der Waals surface area contributed by atoms with Crippen LogP contribution in [0.25, 0.3) is 22.2 Å². The van der Waals surface area contributed by atoms with E-state index in [1.54, 1.807) is 72.9 Å². The van der Waals surface area contributed by atoms with Crippen LogP contribution in [0.3, 0.4) is 0 Å². The van der Waals surface area contributed by atoms with Crippen LogP contribution in [-0.4, -0.2) is 90.7 Å². The number of aromatic nitrogens is 1. The lowest BCUT2D eigenvalue weighted by Crippen LogP contribution is -2.58. The highest BCUT2D eigenvalue weighted by Gasteiger charge is 2.48. The Kier molecular flexibility index (Phi) is 14.3. The number of carbonyl (C=O) groups is 3. The molecule has 2 unspecified atom stereocenters. The van der Waals surface area contributed by atoms with Crippen molar-refractivity contribution in [1.82, 2.24) is 20.5 Å². The highest BCUT2D eigenvalue weighted by Crippen LogP contribution is 2.53. The number of halogens is 2. The van der Waals surface area contributed by atoms with Crippen LogP contribution in [0.4, 0.5) is 13.6 Å². The van der Waals surface area contributed by atoms with Crippen molar-refractivity contribution >= 4 is 36.4 Å². The molecule has 0 saturated carbocycles. The van der Waals surface area contributed by atoms with Crippen molar-refractivity contribution in [2.75, 3.05) is 26.9 Å². The normalized spacial score (nSPS) is 17.5. The summed E-state index contributed by atoms with van der Waals surface area (Å²) in [5, 5.41) is 5.78. The van der Waals surface area contributed by atoms with Gasteiger partial charge in [0.25, 0.3) is 0 Å². The maximum atomic E-state index is 14.6. The quantitative estimate of drug-likeness (QED) is 0.147. The van der Waals surface area contributed by atoms with Crippen LogP contribution in [0, 0.1) is 5.41 Å². The third-order valence-electron chi connectivity index (χ3n) is 8.67. The van der Waals surface area contributed by atoms with E-state index in [2.05, 4.69) is 10.6 Å². The number of nitrogens with one attached hydrogen (secondary N) is 2. The lowest BCUT2D eigenvalue weighted by atomic mass is 9.85.